The number of H-pyrrole nitrogens is 1. The smallest absolute Gasteiger partial charge is 0.345 e. The molecule has 5 N–H and O–H groups in total. The molecule has 0 unspecified atom stereocenters. The van der Waals surface area contributed by atoms with Crippen LogP contribution in [0, 0.1) is 0 Å². The van der Waals surface area contributed by atoms with Gasteiger partial charge in [0.2, 0.25) is 0 Å². The molecule has 5 nitrogen and oxygen atoms in total. The zero-order valence-corrected chi connectivity index (χ0v) is 6.74. The molecular weight excluding hydrogens is 168 g/mol. The summed E-state index contributed by atoms with van der Waals surface area (Å²) in [6, 6.07) is 3.34. The Labute approximate surface area is 73.4 Å². The number of rotatable bonds is 0. The van der Waals surface area contributed by atoms with E-state index in [4.69, 9.17) is 11.5 Å². The average Bonchev–Trinajstić information content (AvgIpc) is 2.12. The lowest BCUT2D eigenvalue weighted by Gasteiger charge is -2.03. The Morgan fingerprint density at radius 1 is 1.31 bits per heavy atom. The van der Waals surface area contributed by atoms with Gasteiger partial charge in [0.05, 0.1) is 16.9 Å². The molecule has 0 aliphatic heterocycles. The molecule has 0 fully saturated rings. The summed E-state index contributed by atoms with van der Waals surface area (Å²) in [4.78, 5) is 17.0. The van der Waals surface area contributed by atoms with Crippen LogP contribution in [0.1, 0.15) is 0 Å². The molecule has 0 amide bonds. The van der Waals surface area contributed by atoms with E-state index in [1.807, 2.05) is 0 Å². The summed E-state index contributed by atoms with van der Waals surface area (Å²) in [6.45, 7) is 0. The Morgan fingerprint density at radius 2 is 2.08 bits per heavy atom. The van der Waals surface area contributed by atoms with Gasteiger partial charge in [-0.25, -0.2) is 9.78 Å². The lowest BCUT2D eigenvalue weighted by atomic mass is 10.2. The number of anilines is 2. The fourth-order valence-corrected chi connectivity index (χ4v) is 1.17. The van der Waals surface area contributed by atoms with Crippen LogP contribution < -0.4 is 17.2 Å². The lowest BCUT2D eigenvalue weighted by Crippen LogP contribution is -2.09. The molecule has 0 aliphatic rings. The molecule has 66 valence electrons. The molecule has 0 saturated heterocycles. The molecule has 5 heteroatoms. The first-order chi connectivity index (χ1) is 6.18. The molecule has 2 rings (SSSR count). The summed E-state index contributed by atoms with van der Waals surface area (Å²) < 4.78 is 0. The SMILES string of the molecule is Nc1ccc2[nH]c(=O)ncc2c1N. The van der Waals surface area contributed by atoms with Gasteiger partial charge in [-0.3, -0.25) is 0 Å². The Hall–Kier alpha value is -2.04. The summed E-state index contributed by atoms with van der Waals surface area (Å²) in [5, 5.41) is 0.666. The molecule has 0 aliphatic carbocycles. The van der Waals surface area contributed by atoms with Gasteiger partial charge in [-0.2, -0.15) is 0 Å². The van der Waals surface area contributed by atoms with Crippen LogP contribution in [0.5, 0.6) is 0 Å². The van der Waals surface area contributed by atoms with Crippen LogP contribution in [0.15, 0.2) is 23.1 Å². The Kier molecular flexibility index (Phi) is 1.45. The van der Waals surface area contributed by atoms with E-state index >= 15 is 0 Å². The largest absolute Gasteiger partial charge is 0.397 e. The van der Waals surface area contributed by atoms with Gasteiger partial charge in [-0.1, -0.05) is 0 Å². The van der Waals surface area contributed by atoms with E-state index < -0.39 is 5.69 Å². The van der Waals surface area contributed by atoms with Crippen molar-refractivity contribution >= 4 is 22.3 Å². The molecule has 13 heavy (non-hydrogen) atoms. The second kappa shape index (κ2) is 2.48. The van der Waals surface area contributed by atoms with Gasteiger partial charge in [0.1, 0.15) is 0 Å². The molecule has 0 bridgehead atoms. The van der Waals surface area contributed by atoms with Crippen molar-refractivity contribution in [1.82, 2.24) is 9.97 Å². The Morgan fingerprint density at radius 3 is 2.85 bits per heavy atom. The number of hydrogen-bond acceptors (Lipinski definition) is 4. The molecule has 0 atom stereocenters. The maximum absolute atomic E-state index is 10.8. The predicted octanol–water partition coefficient (Wildman–Crippen LogP) is 0.0875. The van der Waals surface area contributed by atoms with E-state index in [9.17, 15) is 4.79 Å². The third-order valence-electron chi connectivity index (χ3n) is 1.87. The number of aromatic amines is 1. The normalized spacial score (nSPS) is 10.5. The second-order valence-electron chi connectivity index (χ2n) is 2.72. The second-order valence-corrected chi connectivity index (χ2v) is 2.72. The minimum absolute atomic E-state index is 0.392. The molecule has 0 radical (unpaired) electrons. The van der Waals surface area contributed by atoms with Crippen LogP contribution in [0.25, 0.3) is 10.9 Å². The number of fused-ring (bicyclic) bond motifs is 1. The maximum atomic E-state index is 10.8. The standard InChI is InChI=1S/C8H8N4O/c9-5-1-2-6-4(7(5)10)3-11-8(13)12-6/h1-3H,9-10H2,(H,11,12,13). The number of nitrogen functional groups attached to an aromatic ring is 2. The number of nitrogens with zero attached hydrogens (tertiary/aromatic N) is 1. The van der Waals surface area contributed by atoms with Gasteiger partial charge in [-0.05, 0) is 12.1 Å². The first kappa shape index (κ1) is 7.60. The molecule has 0 saturated carbocycles. The van der Waals surface area contributed by atoms with E-state index in [2.05, 4.69) is 9.97 Å². The first-order valence-corrected chi connectivity index (χ1v) is 3.71. The van der Waals surface area contributed by atoms with Crippen LogP contribution in [0.2, 0.25) is 0 Å². The van der Waals surface area contributed by atoms with E-state index in [1.54, 1.807) is 12.1 Å². The van der Waals surface area contributed by atoms with Crippen LogP contribution >= 0.6 is 0 Å². The zero-order chi connectivity index (χ0) is 9.42. The number of hydrogen-bond donors (Lipinski definition) is 3. The third-order valence-corrected chi connectivity index (χ3v) is 1.87. The van der Waals surface area contributed by atoms with Crippen molar-refractivity contribution in [3.8, 4) is 0 Å². The Balaban J connectivity index is 2.95. The highest BCUT2D eigenvalue weighted by Crippen LogP contribution is 2.23. The topological polar surface area (TPSA) is 97.8 Å². The highest BCUT2D eigenvalue weighted by Gasteiger charge is 2.01. The van der Waals surface area contributed by atoms with Crippen LogP contribution in [0.3, 0.4) is 0 Å². The van der Waals surface area contributed by atoms with E-state index in [-0.39, 0.29) is 0 Å². The number of nitrogens with one attached hydrogen (secondary N) is 1. The lowest BCUT2D eigenvalue weighted by molar-refractivity contribution is 1.12. The quantitative estimate of drug-likeness (QED) is 0.495. The number of aromatic nitrogens is 2. The summed E-state index contributed by atoms with van der Waals surface area (Å²) in [5.74, 6) is 0. The summed E-state index contributed by atoms with van der Waals surface area (Å²) >= 11 is 0. The molecule has 1 heterocycles. The summed E-state index contributed by atoms with van der Waals surface area (Å²) in [7, 11) is 0. The van der Waals surface area contributed by atoms with Gasteiger partial charge in [-0.15, -0.1) is 0 Å². The third kappa shape index (κ3) is 1.10. The molecule has 1 aromatic heterocycles. The van der Waals surface area contributed by atoms with Gasteiger partial charge in [0.15, 0.2) is 0 Å². The van der Waals surface area contributed by atoms with Gasteiger partial charge in [0, 0.05) is 11.6 Å². The maximum Gasteiger partial charge on any atom is 0.345 e. The molecule has 1 aromatic carbocycles. The molecule has 0 spiro atoms. The van der Waals surface area contributed by atoms with Crippen LogP contribution in [-0.2, 0) is 0 Å². The van der Waals surface area contributed by atoms with Crippen molar-refractivity contribution in [2.75, 3.05) is 11.5 Å². The highest BCUT2D eigenvalue weighted by atomic mass is 16.1. The first-order valence-electron chi connectivity index (χ1n) is 3.71. The van der Waals surface area contributed by atoms with Crippen LogP contribution in [-0.4, -0.2) is 9.97 Å². The van der Waals surface area contributed by atoms with Gasteiger partial charge >= 0.3 is 5.69 Å². The van der Waals surface area contributed by atoms with E-state index in [0.717, 1.165) is 0 Å². The van der Waals surface area contributed by atoms with Gasteiger partial charge < -0.3 is 16.5 Å². The number of benzene rings is 1. The highest BCUT2D eigenvalue weighted by molar-refractivity contribution is 5.95. The monoisotopic (exact) mass is 176 g/mol. The minimum atomic E-state index is -0.392. The summed E-state index contributed by atoms with van der Waals surface area (Å²) in [5.41, 5.74) is 12.4. The van der Waals surface area contributed by atoms with Crippen molar-refractivity contribution < 1.29 is 0 Å². The fraction of sp³-hybridized carbons (Fsp3) is 0. The van der Waals surface area contributed by atoms with E-state index in [1.165, 1.54) is 6.20 Å². The minimum Gasteiger partial charge on any atom is -0.397 e. The predicted molar refractivity (Wildman–Crippen MR) is 51.2 cm³/mol. The van der Waals surface area contributed by atoms with Crippen LogP contribution in [0.4, 0.5) is 11.4 Å². The van der Waals surface area contributed by atoms with E-state index in [0.29, 0.717) is 22.3 Å². The Bertz CT molecular complexity index is 517. The molecular formula is C8H8N4O. The van der Waals surface area contributed by atoms with Crippen molar-refractivity contribution in [1.29, 1.82) is 0 Å². The molecule has 2 aromatic rings. The number of nitrogens with two attached hydrogens (primary N) is 2. The van der Waals surface area contributed by atoms with Crippen molar-refractivity contribution in [3.05, 3.63) is 28.8 Å². The summed E-state index contributed by atoms with van der Waals surface area (Å²) in [6.07, 6.45) is 1.42. The zero-order valence-electron chi connectivity index (χ0n) is 6.74. The fourth-order valence-electron chi connectivity index (χ4n) is 1.17. The van der Waals surface area contributed by atoms with Crippen molar-refractivity contribution in [3.63, 3.8) is 0 Å². The van der Waals surface area contributed by atoms with Gasteiger partial charge in [0.25, 0.3) is 0 Å². The van der Waals surface area contributed by atoms with Crippen molar-refractivity contribution in [2.24, 2.45) is 0 Å². The van der Waals surface area contributed by atoms with Crippen molar-refractivity contribution in [2.45, 2.75) is 0 Å². The average molecular weight is 176 g/mol.